The van der Waals surface area contributed by atoms with Gasteiger partial charge in [-0.2, -0.15) is 0 Å². The maximum absolute atomic E-state index is 10.7. The molecule has 4 heteroatoms. The SMILES string of the molecule is Cc1ccsc1C(=O)NO. The highest BCUT2D eigenvalue weighted by Crippen LogP contribution is 2.14. The van der Waals surface area contributed by atoms with E-state index in [9.17, 15) is 4.79 Å². The number of carbonyl (C=O) groups is 1. The summed E-state index contributed by atoms with van der Waals surface area (Å²) in [6, 6.07) is 1.83. The van der Waals surface area contributed by atoms with Crippen LogP contribution in [0.4, 0.5) is 0 Å². The third-order valence-electron chi connectivity index (χ3n) is 1.17. The predicted octanol–water partition coefficient (Wildman–Crippen LogP) is 1.18. The van der Waals surface area contributed by atoms with Gasteiger partial charge in [0.15, 0.2) is 0 Å². The second kappa shape index (κ2) is 2.81. The van der Waals surface area contributed by atoms with Gasteiger partial charge >= 0.3 is 0 Å². The molecule has 0 fully saturated rings. The minimum absolute atomic E-state index is 0.437. The molecule has 1 rings (SSSR count). The van der Waals surface area contributed by atoms with Crippen LogP contribution >= 0.6 is 11.3 Å². The number of rotatable bonds is 1. The predicted molar refractivity (Wildman–Crippen MR) is 38.3 cm³/mol. The van der Waals surface area contributed by atoms with Crippen molar-refractivity contribution in [1.82, 2.24) is 5.48 Å². The highest BCUT2D eigenvalue weighted by molar-refractivity contribution is 7.12. The van der Waals surface area contributed by atoms with E-state index in [1.54, 1.807) is 10.9 Å². The lowest BCUT2D eigenvalue weighted by molar-refractivity contribution is 0.0710. The first-order chi connectivity index (χ1) is 4.75. The molecule has 0 saturated carbocycles. The quantitative estimate of drug-likeness (QED) is 0.475. The lowest BCUT2D eigenvalue weighted by Crippen LogP contribution is -2.17. The van der Waals surface area contributed by atoms with Crippen molar-refractivity contribution in [2.45, 2.75) is 6.92 Å². The van der Waals surface area contributed by atoms with Crippen LogP contribution in [0.2, 0.25) is 0 Å². The largest absolute Gasteiger partial charge is 0.288 e. The van der Waals surface area contributed by atoms with Gasteiger partial charge in [0.2, 0.25) is 0 Å². The van der Waals surface area contributed by atoms with E-state index in [0.29, 0.717) is 4.88 Å². The van der Waals surface area contributed by atoms with Crippen molar-refractivity contribution >= 4 is 17.2 Å². The van der Waals surface area contributed by atoms with Crippen LogP contribution in [0.15, 0.2) is 11.4 Å². The molecular weight excluding hydrogens is 150 g/mol. The minimum Gasteiger partial charge on any atom is -0.288 e. The molecule has 2 N–H and O–H groups in total. The third-order valence-corrected chi connectivity index (χ3v) is 2.19. The molecule has 3 nitrogen and oxygen atoms in total. The maximum atomic E-state index is 10.7. The average molecular weight is 157 g/mol. The van der Waals surface area contributed by atoms with Gasteiger partial charge < -0.3 is 0 Å². The second-order valence-electron chi connectivity index (χ2n) is 1.87. The van der Waals surface area contributed by atoms with Gasteiger partial charge in [-0.3, -0.25) is 10.0 Å². The first-order valence-corrected chi connectivity index (χ1v) is 3.62. The van der Waals surface area contributed by atoms with Crippen molar-refractivity contribution < 1.29 is 10.0 Å². The maximum Gasteiger partial charge on any atom is 0.284 e. The number of carbonyl (C=O) groups excluding carboxylic acids is 1. The molecule has 0 radical (unpaired) electrons. The summed E-state index contributed by atoms with van der Waals surface area (Å²) in [7, 11) is 0. The van der Waals surface area contributed by atoms with Crippen LogP contribution in [0.5, 0.6) is 0 Å². The van der Waals surface area contributed by atoms with E-state index in [-0.39, 0.29) is 0 Å². The van der Waals surface area contributed by atoms with Crippen LogP contribution in [0, 0.1) is 6.92 Å². The van der Waals surface area contributed by atoms with Crippen molar-refractivity contribution in [3.63, 3.8) is 0 Å². The van der Waals surface area contributed by atoms with E-state index < -0.39 is 5.91 Å². The first kappa shape index (κ1) is 7.24. The molecule has 1 heterocycles. The molecule has 0 spiro atoms. The number of aryl methyl sites for hydroxylation is 1. The van der Waals surface area contributed by atoms with Gasteiger partial charge in [0.25, 0.3) is 5.91 Å². The Bertz CT molecular complexity index is 244. The molecule has 1 aromatic rings. The Morgan fingerprint density at radius 3 is 2.90 bits per heavy atom. The number of nitrogens with one attached hydrogen (secondary N) is 1. The molecule has 1 amide bonds. The first-order valence-electron chi connectivity index (χ1n) is 2.74. The van der Waals surface area contributed by atoms with E-state index in [1.807, 2.05) is 13.0 Å². The van der Waals surface area contributed by atoms with Gasteiger partial charge in [-0.15, -0.1) is 11.3 Å². The van der Waals surface area contributed by atoms with Crippen molar-refractivity contribution in [2.24, 2.45) is 0 Å². The zero-order chi connectivity index (χ0) is 7.56. The number of amides is 1. The number of hydrogen-bond donors (Lipinski definition) is 2. The van der Waals surface area contributed by atoms with Crippen molar-refractivity contribution in [2.75, 3.05) is 0 Å². The molecule has 54 valence electrons. The fraction of sp³-hybridized carbons (Fsp3) is 0.167. The number of thiophene rings is 1. The highest BCUT2D eigenvalue weighted by Gasteiger charge is 2.07. The molecule has 0 unspecified atom stereocenters. The van der Waals surface area contributed by atoms with E-state index in [2.05, 4.69) is 0 Å². The summed E-state index contributed by atoms with van der Waals surface area (Å²) in [5, 5.41) is 10.0. The van der Waals surface area contributed by atoms with Crippen molar-refractivity contribution in [3.8, 4) is 0 Å². The zero-order valence-corrected chi connectivity index (χ0v) is 6.23. The van der Waals surface area contributed by atoms with Crippen LogP contribution in [0.1, 0.15) is 15.2 Å². The summed E-state index contributed by atoms with van der Waals surface area (Å²) in [5.41, 5.74) is 2.47. The van der Waals surface area contributed by atoms with Crippen LogP contribution in [-0.4, -0.2) is 11.1 Å². The highest BCUT2D eigenvalue weighted by atomic mass is 32.1. The third kappa shape index (κ3) is 1.17. The Kier molecular flexibility index (Phi) is 2.03. The topological polar surface area (TPSA) is 49.3 Å². The molecule has 1 aromatic heterocycles. The van der Waals surface area contributed by atoms with Crippen LogP contribution in [0.25, 0.3) is 0 Å². The van der Waals surface area contributed by atoms with E-state index in [4.69, 9.17) is 5.21 Å². The molecule has 0 aliphatic carbocycles. The smallest absolute Gasteiger partial charge is 0.284 e. The fourth-order valence-electron chi connectivity index (χ4n) is 0.656. The Balaban J connectivity index is 2.93. The number of hydrogen-bond acceptors (Lipinski definition) is 3. The molecular formula is C6H7NO2S. The molecule has 0 aliphatic heterocycles. The molecule has 0 aromatic carbocycles. The Morgan fingerprint density at radius 1 is 1.80 bits per heavy atom. The Hall–Kier alpha value is -0.870. The fourth-order valence-corrected chi connectivity index (χ4v) is 1.47. The van der Waals surface area contributed by atoms with Crippen LogP contribution in [0.3, 0.4) is 0 Å². The number of hydroxylamine groups is 1. The van der Waals surface area contributed by atoms with Gasteiger partial charge in [-0.05, 0) is 23.9 Å². The average Bonchev–Trinajstić information content (AvgIpc) is 2.34. The minimum atomic E-state index is -0.437. The lowest BCUT2D eigenvalue weighted by atomic mass is 10.3. The summed E-state index contributed by atoms with van der Waals surface area (Å²) in [6.45, 7) is 1.82. The van der Waals surface area contributed by atoms with E-state index in [0.717, 1.165) is 5.56 Å². The van der Waals surface area contributed by atoms with Gasteiger partial charge in [0.05, 0.1) is 4.88 Å². The summed E-state index contributed by atoms with van der Waals surface area (Å²) >= 11 is 1.31. The molecule has 10 heavy (non-hydrogen) atoms. The summed E-state index contributed by atoms with van der Waals surface area (Å²) in [5.74, 6) is -0.437. The summed E-state index contributed by atoms with van der Waals surface area (Å²) in [6.07, 6.45) is 0. The van der Waals surface area contributed by atoms with Crippen molar-refractivity contribution in [1.29, 1.82) is 0 Å². The summed E-state index contributed by atoms with van der Waals surface area (Å²) < 4.78 is 0. The Morgan fingerprint density at radius 2 is 2.50 bits per heavy atom. The van der Waals surface area contributed by atoms with Crippen LogP contribution < -0.4 is 5.48 Å². The molecule has 0 saturated heterocycles. The van der Waals surface area contributed by atoms with Gasteiger partial charge in [0.1, 0.15) is 0 Å². The molecule has 0 bridgehead atoms. The monoisotopic (exact) mass is 157 g/mol. The van der Waals surface area contributed by atoms with Gasteiger partial charge in [-0.25, -0.2) is 5.48 Å². The zero-order valence-electron chi connectivity index (χ0n) is 5.42. The summed E-state index contributed by atoms with van der Waals surface area (Å²) in [4.78, 5) is 11.3. The second-order valence-corrected chi connectivity index (χ2v) is 2.79. The van der Waals surface area contributed by atoms with Crippen molar-refractivity contribution in [3.05, 3.63) is 21.9 Å². The van der Waals surface area contributed by atoms with Crippen LogP contribution in [-0.2, 0) is 0 Å². The molecule has 0 atom stereocenters. The normalized spacial score (nSPS) is 9.40. The van der Waals surface area contributed by atoms with Gasteiger partial charge in [-0.1, -0.05) is 0 Å². The Labute approximate surface area is 62.3 Å². The van der Waals surface area contributed by atoms with E-state index >= 15 is 0 Å². The lowest BCUT2D eigenvalue weighted by Gasteiger charge is -1.93. The van der Waals surface area contributed by atoms with Gasteiger partial charge in [0, 0.05) is 0 Å². The molecule has 0 aliphatic rings. The van der Waals surface area contributed by atoms with E-state index in [1.165, 1.54) is 11.3 Å². The standard InChI is InChI=1S/C6H7NO2S/c1-4-2-3-10-5(4)6(8)7-9/h2-3,9H,1H3,(H,7,8).